The SMILES string of the molecule is Cc1ccc(N[C@@H](CC(=O)c2ccccc2)c2ccccc2)cc1C. The zero-order valence-electron chi connectivity index (χ0n) is 14.7. The molecule has 1 atom stereocenters. The van der Waals surface area contributed by atoms with Crippen LogP contribution < -0.4 is 5.32 Å². The summed E-state index contributed by atoms with van der Waals surface area (Å²) in [4.78, 5) is 12.7. The summed E-state index contributed by atoms with van der Waals surface area (Å²) >= 11 is 0. The van der Waals surface area contributed by atoms with E-state index in [0.717, 1.165) is 16.8 Å². The molecule has 3 aromatic carbocycles. The number of hydrogen-bond acceptors (Lipinski definition) is 2. The summed E-state index contributed by atoms with van der Waals surface area (Å²) in [6.45, 7) is 4.21. The van der Waals surface area contributed by atoms with E-state index in [1.54, 1.807) is 0 Å². The van der Waals surface area contributed by atoms with Crippen molar-refractivity contribution in [1.29, 1.82) is 0 Å². The second kappa shape index (κ2) is 7.80. The number of hydrogen-bond donors (Lipinski definition) is 1. The molecule has 0 aromatic heterocycles. The van der Waals surface area contributed by atoms with Gasteiger partial charge in [0, 0.05) is 17.7 Å². The topological polar surface area (TPSA) is 29.1 Å². The Balaban J connectivity index is 1.85. The van der Waals surface area contributed by atoms with Crippen LogP contribution in [-0.2, 0) is 0 Å². The fourth-order valence-electron chi connectivity index (χ4n) is 2.90. The van der Waals surface area contributed by atoms with Crippen molar-refractivity contribution in [3.63, 3.8) is 0 Å². The molecule has 3 rings (SSSR count). The third-order valence-corrected chi connectivity index (χ3v) is 4.54. The quantitative estimate of drug-likeness (QED) is 0.585. The Bertz CT molecular complexity index is 840. The molecule has 126 valence electrons. The maximum Gasteiger partial charge on any atom is 0.165 e. The van der Waals surface area contributed by atoms with Gasteiger partial charge in [-0.3, -0.25) is 4.79 Å². The van der Waals surface area contributed by atoms with Crippen LogP contribution in [0, 0.1) is 13.8 Å². The van der Waals surface area contributed by atoms with Gasteiger partial charge in [-0.2, -0.15) is 0 Å². The van der Waals surface area contributed by atoms with E-state index >= 15 is 0 Å². The first kappa shape index (κ1) is 17.0. The third kappa shape index (κ3) is 4.36. The molecule has 0 heterocycles. The van der Waals surface area contributed by atoms with E-state index in [-0.39, 0.29) is 11.8 Å². The van der Waals surface area contributed by atoms with E-state index in [1.165, 1.54) is 11.1 Å². The molecule has 0 bridgehead atoms. The molecule has 0 spiro atoms. The number of nitrogens with one attached hydrogen (secondary N) is 1. The van der Waals surface area contributed by atoms with Crippen molar-refractivity contribution in [2.75, 3.05) is 5.32 Å². The average molecular weight is 329 g/mol. The molecule has 0 aliphatic rings. The highest BCUT2D eigenvalue weighted by Crippen LogP contribution is 2.25. The number of Topliss-reactive ketones (excluding diaryl/α,β-unsaturated/α-hetero) is 1. The molecule has 0 radical (unpaired) electrons. The highest BCUT2D eigenvalue weighted by molar-refractivity contribution is 5.96. The molecule has 0 fully saturated rings. The van der Waals surface area contributed by atoms with E-state index in [2.05, 4.69) is 49.5 Å². The van der Waals surface area contributed by atoms with Gasteiger partial charge in [0.2, 0.25) is 0 Å². The van der Waals surface area contributed by atoms with Gasteiger partial charge >= 0.3 is 0 Å². The maximum absolute atomic E-state index is 12.7. The predicted molar refractivity (Wildman–Crippen MR) is 104 cm³/mol. The second-order valence-corrected chi connectivity index (χ2v) is 6.40. The fourth-order valence-corrected chi connectivity index (χ4v) is 2.90. The summed E-state index contributed by atoms with van der Waals surface area (Å²) < 4.78 is 0. The van der Waals surface area contributed by atoms with E-state index < -0.39 is 0 Å². The van der Waals surface area contributed by atoms with Crippen molar-refractivity contribution in [3.8, 4) is 0 Å². The van der Waals surface area contributed by atoms with Crippen molar-refractivity contribution >= 4 is 11.5 Å². The van der Waals surface area contributed by atoms with Gasteiger partial charge < -0.3 is 5.32 Å². The molecular weight excluding hydrogens is 306 g/mol. The second-order valence-electron chi connectivity index (χ2n) is 6.40. The highest BCUT2D eigenvalue weighted by Gasteiger charge is 2.17. The van der Waals surface area contributed by atoms with E-state index in [9.17, 15) is 4.79 Å². The van der Waals surface area contributed by atoms with E-state index in [1.807, 2.05) is 48.5 Å². The Morgan fingerprint density at radius 2 is 1.48 bits per heavy atom. The lowest BCUT2D eigenvalue weighted by molar-refractivity contribution is 0.0976. The summed E-state index contributed by atoms with van der Waals surface area (Å²) in [5.74, 6) is 0.144. The number of benzene rings is 3. The van der Waals surface area contributed by atoms with Crippen LogP contribution in [0.25, 0.3) is 0 Å². The zero-order valence-corrected chi connectivity index (χ0v) is 14.7. The Morgan fingerprint density at radius 3 is 2.12 bits per heavy atom. The van der Waals surface area contributed by atoms with Crippen LogP contribution in [0.2, 0.25) is 0 Å². The Hall–Kier alpha value is -2.87. The van der Waals surface area contributed by atoms with Crippen LogP contribution in [0.1, 0.15) is 39.5 Å². The molecule has 0 saturated heterocycles. The first-order valence-corrected chi connectivity index (χ1v) is 8.60. The first-order chi connectivity index (χ1) is 12.1. The Kier molecular flexibility index (Phi) is 5.30. The van der Waals surface area contributed by atoms with Gasteiger partial charge in [0.15, 0.2) is 5.78 Å². The largest absolute Gasteiger partial charge is 0.378 e. The Labute approximate surface area is 149 Å². The van der Waals surface area contributed by atoms with Gasteiger partial charge in [-0.15, -0.1) is 0 Å². The minimum atomic E-state index is -0.0592. The Morgan fingerprint density at radius 1 is 0.840 bits per heavy atom. The summed E-state index contributed by atoms with van der Waals surface area (Å²) in [5, 5.41) is 3.54. The normalized spacial score (nSPS) is 11.8. The van der Waals surface area contributed by atoms with Crippen LogP contribution in [0.5, 0.6) is 0 Å². The van der Waals surface area contributed by atoms with Gasteiger partial charge in [-0.05, 0) is 42.7 Å². The average Bonchev–Trinajstić information content (AvgIpc) is 2.65. The molecule has 0 aliphatic heterocycles. The molecule has 2 heteroatoms. The molecule has 1 N–H and O–H groups in total. The number of anilines is 1. The fraction of sp³-hybridized carbons (Fsp3) is 0.174. The van der Waals surface area contributed by atoms with Gasteiger partial charge in [0.25, 0.3) is 0 Å². The number of carbonyl (C=O) groups is 1. The van der Waals surface area contributed by atoms with Crippen molar-refractivity contribution in [2.45, 2.75) is 26.3 Å². The number of ketones is 1. The van der Waals surface area contributed by atoms with Gasteiger partial charge in [0.1, 0.15) is 0 Å². The lowest BCUT2D eigenvalue weighted by atomic mass is 9.97. The van der Waals surface area contributed by atoms with Gasteiger partial charge in [-0.1, -0.05) is 66.7 Å². The molecule has 25 heavy (non-hydrogen) atoms. The minimum Gasteiger partial charge on any atom is -0.378 e. The molecule has 0 aliphatic carbocycles. The smallest absolute Gasteiger partial charge is 0.165 e. The lowest BCUT2D eigenvalue weighted by Crippen LogP contribution is -2.16. The van der Waals surface area contributed by atoms with Gasteiger partial charge in [0.05, 0.1) is 6.04 Å². The molecule has 0 saturated carbocycles. The molecule has 2 nitrogen and oxygen atoms in total. The number of carbonyl (C=O) groups excluding carboxylic acids is 1. The zero-order chi connectivity index (χ0) is 17.6. The summed E-state index contributed by atoms with van der Waals surface area (Å²) in [7, 11) is 0. The predicted octanol–water partition coefficient (Wildman–Crippen LogP) is 5.73. The molecule has 0 unspecified atom stereocenters. The number of aryl methyl sites for hydroxylation is 2. The van der Waals surface area contributed by atoms with Crippen molar-refractivity contribution < 1.29 is 4.79 Å². The molecule has 0 amide bonds. The van der Waals surface area contributed by atoms with Crippen LogP contribution >= 0.6 is 0 Å². The highest BCUT2D eigenvalue weighted by atomic mass is 16.1. The summed E-state index contributed by atoms with van der Waals surface area (Å²) in [6.07, 6.45) is 0.418. The standard InChI is InChI=1S/C23H23NO/c1-17-13-14-21(15-18(17)2)24-22(19-9-5-3-6-10-19)16-23(25)20-11-7-4-8-12-20/h3-15,22,24H,16H2,1-2H3/t22-/m0/s1. The van der Waals surface area contributed by atoms with Crippen molar-refractivity contribution in [3.05, 3.63) is 101 Å². The third-order valence-electron chi connectivity index (χ3n) is 4.54. The van der Waals surface area contributed by atoms with Crippen LogP contribution in [-0.4, -0.2) is 5.78 Å². The lowest BCUT2D eigenvalue weighted by Gasteiger charge is -2.21. The summed E-state index contributed by atoms with van der Waals surface area (Å²) in [6, 6.07) is 25.9. The molecular formula is C23H23NO. The number of rotatable bonds is 6. The van der Waals surface area contributed by atoms with Gasteiger partial charge in [-0.25, -0.2) is 0 Å². The van der Waals surface area contributed by atoms with E-state index in [0.29, 0.717) is 6.42 Å². The van der Waals surface area contributed by atoms with Crippen LogP contribution in [0.15, 0.2) is 78.9 Å². The monoisotopic (exact) mass is 329 g/mol. The minimum absolute atomic E-state index is 0.0592. The van der Waals surface area contributed by atoms with Crippen LogP contribution in [0.3, 0.4) is 0 Å². The first-order valence-electron chi connectivity index (χ1n) is 8.60. The maximum atomic E-state index is 12.7. The summed E-state index contributed by atoms with van der Waals surface area (Å²) in [5.41, 5.74) is 5.42. The van der Waals surface area contributed by atoms with Crippen LogP contribution in [0.4, 0.5) is 5.69 Å². The molecule has 3 aromatic rings. The van der Waals surface area contributed by atoms with E-state index in [4.69, 9.17) is 0 Å². The van der Waals surface area contributed by atoms with Crippen molar-refractivity contribution in [2.24, 2.45) is 0 Å². The van der Waals surface area contributed by atoms with Crippen molar-refractivity contribution in [1.82, 2.24) is 0 Å².